The molecular formula is C24H14ClF2NO3. The number of hydrogen-bond acceptors (Lipinski definition) is 4. The second-order valence-electron chi connectivity index (χ2n) is 6.71. The fourth-order valence-electron chi connectivity index (χ4n) is 3.07. The Hall–Kier alpha value is -3.64. The van der Waals surface area contributed by atoms with Crippen molar-refractivity contribution in [3.05, 3.63) is 101 Å². The van der Waals surface area contributed by atoms with Crippen LogP contribution in [0.4, 0.5) is 8.78 Å². The van der Waals surface area contributed by atoms with E-state index < -0.39 is 30.0 Å². The summed E-state index contributed by atoms with van der Waals surface area (Å²) in [6, 6.07) is 18.4. The van der Waals surface area contributed by atoms with Crippen LogP contribution >= 0.6 is 11.6 Å². The van der Waals surface area contributed by atoms with Crippen molar-refractivity contribution in [2.75, 3.05) is 6.61 Å². The number of halogens is 3. The molecule has 4 rings (SSSR count). The quantitative estimate of drug-likeness (QED) is 0.289. The number of Topliss-reactive ketones (excluding diaryl/α,β-unsaturated/α-hetero) is 1. The van der Waals surface area contributed by atoms with Crippen LogP contribution in [0, 0.1) is 11.6 Å². The maximum atomic E-state index is 13.4. The van der Waals surface area contributed by atoms with Gasteiger partial charge in [-0.15, -0.1) is 0 Å². The highest BCUT2D eigenvalue weighted by atomic mass is 35.5. The van der Waals surface area contributed by atoms with Gasteiger partial charge in [0.05, 0.1) is 16.8 Å². The van der Waals surface area contributed by atoms with Gasteiger partial charge in [0.2, 0.25) is 0 Å². The first-order valence-corrected chi connectivity index (χ1v) is 9.61. The normalized spacial score (nSPS) is 10.8. The van der Waals surface area contributed by atoms with Gasteiger partial charge in [-0.25, -0.2) is 18.6 Å². The number of carbonyl (C=O) groups excluding carboxylic acids is 2. The van der Waals surface area contributed by atoms with E-state index in [0.717, 1.165) is 23.8 Å². The van der Waals surface area contributed by atoms with Crippen LogP contribution in [0.2, 0.25) is 5.02 Å². The number of benzene rings is 3. The molecule has 7 heteroatoms. The molecule has 4 aromatic rings. The molecule has 3 aromatic carbocycles. The number of hydrogen-bond donors (Lipinski definition) is 0. The Morgan fingerprint density at radius 1 is 0.903 bits per heavy atom. The molecule has 0 saturated carbocycles. The smallest absolute Gasteiger partial charge is 0.339 e. The van der Waals surface area contributed by atoms with Gasteiger partial charge in [-0.05, 0) is 42.5 Å². The lowest BCUT2D eigenvalue weighted by atomic mass is 10.0. The molecule has 31 heavy (non-hydrogen) atoms. The predicted octanol–water partition coefficient (Wildman–Crippen LogP) is 5.87. The Morgan fingerprint density at radius 2 is 1.65 bits per heavy atom. The van der Waals surface area contributed by atoms with Gasteiger partial charge in [0, 0.05) is 21.5 Å². The first-order chi connectivity index (χ1) is 14.9. The highest BCUT2D eigenvalue weighted by Gasteiger charge is 2.18. The van der Waals surface area contributed by atoms with E-state index in [-0.39, 0.29) is 11.1 Å². The van der Waals surface area contributed by atoms with Gasteiger partial charge in [-0.2, -0.15) is 0 Å². The van der Waals surface area contributed by atoms with Crippen LogP contribution in [-0.2, 0) is 4.74 Å². The molecule has 0 fully saturated rings. The Morgan fingerprint density at radius 3 is 2.39 bits per heavy atom. The van der Waals surface area contributed by atoms with Crippen molar-refractivity contribution in [1.82, 2.24) is 4.98 Å². The summed E-state index contributed by atoms with van der Waals surface area (Å²) in [7, 11) is 0. The highest BCUT2D eigenvalue weighted by Crippen LogP contribution is 2.26. The Labute approximate surface area is 181 Å². The van der Waals surface area contributed by atoms with E-state index in [9.17, 15) is 18.4 Å². The summed E-state index contributed by atoms with van der Waals surface area (Å²) in [4.78, 5) is 29.6. The zero-order valence-electron chi connectivity index (χ0n) is 15.9. The predicted molar refractivity (Wildman–Crippen MR) is 113 cm³/mol. The maximum Gasteiger partial charge on any atom is 0.339 e. The second-order valence-corrected chi connectivity index (χ2v) is 7.14. The van der Waals surface area contributed by atoms with Gasteiger partial charge in [0.15, 0.2) is 24.0 Å². The van der Waals surface area contributed by atoms with Crippen LogP contribution in [0.15, 0.2) is 72.8 Å². The maximum absolute atomic E-state index is 13.4. The van der Waals surface area contributed by atoms with Gasteiger partial charge in [-0.3, -0.25) is 4.79 Å². The molecule has 0 radical (unpaired) electrons. The summed E-state index contributed by atoms with van der Waals surface area (Å²) >= 11 is 5.95. The molecule has 0 N–H and O–H groups in total. The summed E-state index contributed by atoms with van der Waals surface area (Å²) in [5.74, 6) is -3.59. The number of rotatable bonds is 5. The molecule has 1 heterocycles. The number of pyridine rings is 1. The number of nitrogens with zero attached hydrogens (tertiary/aromatic N) is 1. The zero-order valence-corrected chi connectivity index (χ0v) is 16.7. The van der Waals surface area contributed by atoms with Crippen LogP contribution in [0.3, 0.4) is 0 Å². The molecule has 0 atom stereocenters. The molecule has 154 valence electrons. The summed E-state index contributed by atoms with van der Waals surface area (Å²) in [6.45, 7) is -0.614. The van der Waals surface area contributed by atoms with Gasteiger partial charge in [0.25, 0.3) is 0 Å². The van der Waals surface area contributed by atoms with E-state index in [1.807, 2.05) is 0 Å². The van der Waals surface area contributed by atoms with Crippen molar-refractivity contribution in [2.24, 2.45) is 0 Å². The minimum Gasteiger partial charge on any atom is -0.454 e. The number of ketones is 1. The zero-order chi connectivity index (χ0) is 22.0. The van der Waals surface area contributed by atoms with Gasteiger partial charge >= 0.3 is 5.97 Å². The minimum atomic E-state index is -1.15. The van der Waals surface area contributed by atoms with E-state index in [4.69, 9.17) is 16.3 Å². The second kappa shape index (κ2) is 8.62. The summed E-state index contributed by atoms with van der Waals surface area (Å²) in [5, 5.41) is 1.13. The summed E-state index contributed by atoms with van der Waals surface area (Å²) in [6.07, 6.45) is 0. The van der Waals surface area contributed by atoms with Crippen LogP contribution in [0.25, 0.3) is 22.2 Å². The third kappa shape index (κ3) is 4.44. The SMILES string of the molecule is O=C(COC(=O)c1cc(-c2ccc(Cl)cc2)nc2ccccc12)c1ccc(F)c(F)c1. The lowest BCUT2D eigenvalue weighted by Crippen LogP contribution is -2.15. The first-order valence-electron chi connectivity index (χ1n) is 9.23. The van der Waals surface area contributed by atoms with E-state index in [1.165, 1.54) is 0 Å². The van der Waals surface area contributed by atoms with E-state index in [0.29, 0.717) is 21.6 Å². The van der Waals surface area contributed by atoms with Gasteiger partial charge < -0.3 is 4.74 Å². The van der Waals surface area contributed by atoms with Crippen molar-refractivity contribution >= 4 is 34.3 Å². The molecule has 0 bridgehead atoms. The molecule has 0 saturated heterocycles. The van der Waals surface area contributed by atoms with E-state index in [1.54, 1.807) is 54.6 Å². The average molecular weight is 438 g/mol. The van der Waals surface area contributed by atoms with Crippen LogP contribution in [-0.4, -0.2) is 23.3 Å². The first kappa shape index (κ1) is 20.6. The molecule has 0 unspecified atom stereocenters. The lowest BCUT2D eigenvalue weighted by Gasteiger charge is -2.10. The summed E-state index contributed by atoms with van der Waals surface area (Å²) in [5.41, 5.74) is 2.01. The average Bonchev–Trinajstić information content (AvgIpc) is 2.78. The lowest BCUT2D eigenvalue weighted by molar-refractivity contribution is 0.0476. The van der Waals surface area contributed by atoms with Crippen molar-refractivity contribution in [2.45, 2.75) is 0 Å². The highest BCUT2D eigenvalue weighted by molar-refractivity contribution is 6.30. The Bertz CT molecular complexity index is 1310. The number of para-hydroxylation sites is 1. The third-order valence-corrected chi connectivity index (χ3v) is 4.90. The number of aromatic nitrogens is 1. The third-order valence-electron chi connectivity index (χ3n) is 4.65. The fraction of sp³-hybridized carbons (Fsp3) is 0.0417. The van der Waals surface area contributed by atoms with Crippen molar-refractivity contribution in [3.63, 3.8) is 0 Å². The van der Waals surface area contributed by atoms with Crippen LogP contribution < -0.4 is 0 Å². The molecular weight excluding hydrogens is 424 g/mol. The van der Waals surface area contributed by atoms with Crippen LogP contribution in [0.5, 0.6) is 0 Å². The number of fused-ring (bicyclic) bond motifs is 1. The van der Waals surface area contributed by atoms with Gasteiger partial charge in [0.1, 0.15) is 0 Å². The molecule has 4 nitrogen and oxygen atoms in total. The van der Waals surface area contributed by atoms with Gasteiger partial charge in [-0.1, -0.05) is 41.9 Å². The topological polar surface area (TPSA) is 56.3 Å². The van der Waals surface area contributed by atoms with Crippen molar-refractivity contribution < 1.29 is 23.1 Å². The van der Waals surface area contributed by atoms with E-state index in [2.05, 4.69) is 4.98 Å². The van der Waals surface area contributed by atoms with Crippen LogP contribution in [0.1, 0.15) is 20.7 Å². The standard InChI is InChI=1S/C24H14ClF2NO3/c25-16-8-5-14(6-9-16)22-12-18(17-3-1-2-4-21(17)28-22)24(30)31-13-23(29)15-7-10-19(26)20(27)11-15/h1-12H,13H2. The van der Waals surface area contributed by atoms with Crippen molar-refractivity contribution in [1.29, 1.82) is 0 Å². The number of ether oxygens (including phenoxy) is 1. The number of carbonyl (C=O) groups is 2. The van der Waals surface area contributed by atoms with Crippen molar-refractivity contribution in [3.8, 4) is 11.3 Å². The Balaban J connectivity index is 1.63. The molecule has 0 spiro atoms. The molecule has 0 amide bonds. The summed E-state index contributed by atoms with van der Waals surface area (Å²) < 4.78 is 31.6. The molecule has 0 aliphatic rings. The minimum absolute atomic E-state index is 0.0897. The Kier molecular flexibility index (Phi) is 5.73. The molecule has 1 aromatic heterocycles. The fourth-order valence-corrected chi connectivity index (χ4v) is 3.20. The largest absolute Gasteiger partial charge is 0.454 e. The monoisotopic (exact) mass is 437 g/mol. The van der Waals surface area contributed by atoms with E-state index >= 15 is 0 Å². The molecule has 0 aliphatic carbocycles. The number of esters is 1. The molecule has 0 aliphatic heterocycles.